The number of imidazole rings is 1. The van der Waals surface area contributed by atoms with E-state index in [9.17, 15) is 0 Å². The lowest BCUT2D eigenvalue weighted by Gasteiger charge is -2.10. The number of unbranched alkanes of at least 4 members (excludes halogenated alkanes) is 1. The fourth-order valence-corrected chi connectivity index (χ4v) is 1.41. The van der Waals surface area contributed by atoms with Crippen LogP contribution in [0.3, 0.4) is 0 Å². The second-order valence-electron chi connectivity index (χ2n) is 3.77. The van der Waals surface area contributed by atoms with E-state index in [-0.39, 0.29) is 6.04 Å². The average Bonchev–Trinajstić information content (AvgIpc) is 2.66. The number of hydrogen-bond donors (Lipinski definition) is 1. The predicted molar refractivity (Wildman–Crippen MR) is 60.6 cm³/mol. The molecule has 4 nitrogen and oxygen atoms in total. The van der Waals surface area contributed by atoms with Crippen LogP contribution in [0.5, 0.6) is 0 Å². The molecule has 0 amide bonds. The van der Waals surface area contributed by atoms with Gasteiger partial charge in [-0.3, -0.25) is 0 Å². The summed E-state index contributed by atoms with van der Waals surface area (Å²) in [6, 6.07) is 0.0307. The minimum atomic E-state index is 0.0307. The van der Waals surface area contributed by atoms with E-state index in [2.05, 4.69) is 16.5 Å². The molecule has 1 aromatic heterocycles. The van der Waals surface area contributed by atoms with Crippen LogP contribution in [0.1, 0.15) is 38.4 Å². The third kappa shape index (κ3) is 4.01. The van der Waals surface area contributed by atoms with Crippen molar-refractivity contribution >= 4 is 0 Å². The first-order valence-corrected chi connectivity index (χ1v) is 5.59. The Morgan fingerprint density at radius 1 is 1.53 bits per heavy atom. The van der Waals surface area contributed by atoms with Crippen LogP contribution in [0.15, 0.2) is 12.5 Å². The smallest absolute Gasteiger partial charge is 0.0949 e. The number of ether oxygens (including phenoxy) is 1. The van der Waals surface area contributed by atoms with E-state index in [0.717, 1.165) is 31.9 Å². The summed E-state index contributed by atoms with van der Waals surface area (Å²) in [5, 5.41) is 0. The molecule has 0 aliphatic heterocycles. The molecule has 0 saturated heterocycles. The zero-order valence-electron chi connectivity index (χ0n) is 9.65. The van der Waals surface area contributed by atoms with Crippen LogP contribution in [0, 0.1) is 0 Å². The van der Waals surface area contributed by atoms with Gasteiger partial charge in [-0.25, -0.2) is 4.98 Å². The molecule has 0 aliphatic rings. The highest BCUT2D eigenvalue weighted by molar-refractivity contribution is 5.02. The molecule has 0 fully saturated rings. The fraction of sp³-hybridized carbons (Fsp3) is 0.727. The lowest BCUT2D eigenvalue weighted by Crippen LogP contribution is -2.14. The Hall–Kier alpha value is -0.870. The molecule has 86 valence electrons. The molecule has 0 aromatic carbocycles. The molecule has 1 atom stereocenters. The Labute approximate surface area is 91.4 Å². The SMILES string of the molecule is CCCCOCCn1cncc1[C@@H](C)N. The normalized spacial score (nSPS) is 13.0. The molecule has 1 rings (SSSR count). The van der Waals surface area contributed by atoms with Crippen LogP contribution in [-0.4, -0.2) is 22.8 Å². The van der Waals surface area contributed by atoms with E-state index in [0.29, 0.717) is 0 Å². The van der Waals surface area contributed by atoms with Gasteiger partial charge in [0.1, 0.15) is 0 Å². The molecule has 2 N–H and O–H groups in total. The molecule has 1 heterocycles. The highest BCUT2D eigenvalue weighted by Gasteiger charge is 2.05. The number of rotatable bonds is 7. The Morgan fingerprint density at radius 2 is 2.33 bits per heavy atom. The van der Waals surface area contributed by atoms with Crippen molar-refractivity contribution in [1.82, 2.24) is 9.55 Å². The summed E-state index contributed by atoms with van der Waals surface area (Å²) in [5.74, 6) is 0. The quantitative estimate of drug-likeness (QED) is 0.699. The van der Waals surface area contributed by atoms with Gasteiger partial charge in [-0.1, -0.05) is 13.3 Å². The summed E-state index contributed by atoms with van der Waals surface area (Å²) in [5.41, 5.74) is 6.87. The van der Waals surface area contributed by atoms with Crippen molar-refractivity contribution in [2.75, 3.05) is 13.2 Å². The van der Waals surface area contributed by atoms with E-state index < -0.39 is 0 Å². The highest BCUT2D eigenvalue weighted by Crippen LogP contribution is 2.08. The van der Waals surface area contributed by atoms with E-state index in [4.69, 9.17) is 10.5 Å². The zero-order valence-corrected chi connectivity index (χ0v) is 9.65. The van der Waals surface area contributed by atoms with E-state index in [1.807, 2.05) is 19.4 Å². The van der Waals surface area contributed by atoms with Gasteiger partial charge >= 0.3 is 0 Å². The Morgan fingerprint density at radius 3 is 3.00 bits per heavy atom. The molecule has 0 spiro atoms. The second-order valence-corrected chi connectivity index (χ2v) is 3.77. The monoisotopic (exact) mass is 211 g/mol. The van der Waals surface area contributed by atoms with Crippen molar-refractivity contribution in [3.05, 3.63) is 18.2 Å². The molecule has 1 aromatic rings. The van der Waals surface area contributed by atoms with Crippen LogP contribution in [0.4, 0.5) is 0 Å². The van der Waals surface area contributed by atoms with Gasteiger partial charge in [0.15, 0.2) is 0 Å². The van der Waals surface area contributed by atoms with E-state index >= 15 is 0 Å². The van der Waals surface area contributed by atoms with Crippen LogP contribution < -0.4 is 5.73 Å². The molecule has 15 heavy (non-hydrogen) atoms. The zero-order chi connectivity index (χ0) is 11.1. The molecule has 0 radical (unpaired) electrons. The van der Waals surface area contributed by atoms with Gasteiger partial charge in [-0.2, -0.15) is 0 Å². The van der Waals surface area contributed by atoms with Crippen LogP contribution in [-0.2, 0) is 11.3 Å². The summed E-state index contributed by atoms with van der Waals surface area (Å²) in [6.45, 7) is 6.54. The molecule has 0 unspecified atom stereocenters. The van der Waals surface area contributed by atoms with Gasteiger partial charge in [0.25, 0.3) is 0 Å². The second kappa shape index (κ2) is 6.58. The van der Waals surface area contributed by atoms with Crippen LogP contribution >= 0.6 is 0 Å². The molecule has 4 heteroatoms. The maximum atomic E-state index is 5.81. The van der Waals surface area contributed by atoms with Gasteiger partial charge < -0.3 is 15.0 Å². The fourth-order valence-electron chi connectivity index (χ4n) is 1.41. The first-order valence-electron chi connectivity index (χ1n) is 5.59. The van der Waals surface area contributed by atoms with Crippen molar-refractivity contribution in [1.29, 1.82) is 0 Å². The van der Waals surface area contributed by atoms with Gasteiger partial charge in [0, 0.05) is 25.4 Å². The highest BCUT2D eigenvalue weighted by atomic mass is 16.5. The van der Waals surface area contributed by atoms with E-state index in [1.165, 1.54) is 6.42 Å². The van der Waals surface area contributed by atoms with Crippen molar-refractivity contribution in [2.24, 2.45) is 5.73 Å². The number of nitrogens with zero attached hydrogens (tertiary/aromatic N) is 2. The van der Waals surface area contributed by atoms with Crippen LogP contribution in [0.25, 0.3) is 0 Å². The summed E-state index contributed by atoms with van der Waals surface area (Å²) < 4.78 is 7.54. The van der Waals surface area contributed by atoms with Crippen molar-refractivity contribution in [3.63, 3.8) is 0 Å². The minimum absolute atomic E-state index is 0.0307. The molecular weight excluding hydrogens is 190 g/mol. The molecule has 0 saturated carbocycles. The number of aromatic nitrogens is 2. The largest absolute Gasteiger partial charge is 0.380 e. The standard InChI is InChI=1S/C11H21N3O/c1-3-4-6-15-7-5-14-9-13-8-11(14)10(2)12/h8-10H,3-7,12H2,1-2H3/t10-/m1/s1. The van der Waals surface area contributed by atoms with Crippen molar-refractivity contribution < 1.29 is 4.74 Å². The maximum Gasteiger partial charge on any atom is 0.0949 e. The lowest BCUT2D eigenvalue weighted by molar-refractivity contribution is 0.123. The molecule has 0 aliphatic carbocycles. The Bertz CT molecular complexity index is 271. The van der Waals surface area contributed by atoms with Crippen molar-refractivity contribution in [2.45, 2.75) is 39.3 Å². The molecule has 0 bridgehead atoms. The third-order valence-corrected chi connectivity index (χ3v) is 2.33. The predicted octanol–water partition coefficient (Wildman–Crippen LogP) is 1.72. The lowest BCUT2D eigenvalue weighted by atomic mass is 10.3. The van der Waals surface area contributed by atoms with Gasteiger partial charge in [0.2, 0.25) is 0 Å². The van der Waals surface area contributed by atoms with E-state index in [1.54, 1.807) is 0 Å². The Kier molecular flexibility index (Phi) is 5.36. The first kappa shape index (κ1) is 12.2. The number of nitrogens with two attached hydrogens (primary N) is 1. The average molecular weight is 211 g/mol. The summed E-state index contributed by atoms with van der Waals surface area (Å²) >= 11 is 0. The maximum absolute atomic E-state index is 5.81. The third-order valence-electron chi connectivity index (χ3n) is 2.33. The van der Waals surface area contributed by atoms with Gasteiger partial charge in [-0.05, 0) is 13.3 Å². The van der Waals surface area contributed by atoms with Gasteiger partial charge in [0.05, 0.1) is 18.6 Å². The van der Waals surface area contributed by atoms with Crippen molar-refractivity contribution in [3.8, 4) is 0 Å². The Balaban J connectivity index is 2.28. The first-order chi connectivity index (χ1) is 7.25. The molecular formula is C11H21N3O. The minimum Gasteiger partial charge on any atom is -0.380 e. The van der Waals surface area contributed by atoms with Gasteiger partial charge in [-0.15, -0.1) is 0 Å². The summed E-state index contributed by atoms with van der Waals surface area (Å²) in [6.07, 6.45) is 5.93. The summed E-state index contributed by atoms with van der Waals surface area (Å²) in [7, 11) is 0. The topological polar surface area (TPSA) is 53.1 Å². The van der Waals surface area contributed by atoms with Crippen LogP contribution in [0.2, 0.25) is 0 Å². The summed E-state index contributed by atoms with van der Waals surface area (Å²) in [4.78, 5) is 4.09. The number of hydrogen-bond acceptors (Lipinski definition) is 3.